The molecule has 1 heterocycles. The van der Waals surface area contributed by atoms with E-state index in [-0.39, 0.29) is 18.1 Å². The number of amides is 1. The second-order valence-electron chi connectivity index (χ2n) is 6.25. The van der Waals surface area contributed by atoms with Gasteiger partial charge in [-0.2, -0.15) is 0 Å². The van der Waals surface area contributed by atoms with Crippen LogP contribution in [0.4, 0.5) is 0 Å². The number of hydrogen-bond donors (Lipinski definition) is 1. The Kier molecular flexibility index (Phi) is 5.36. The van der Waals surface area contributed by atoms with E-state index in [1.54, 1.807) is 24.3 Å². The number of nitrogens with one attached hydrogen (secondary N) is 1. The van der Waals surface area contributed by atoms with Crippen molar-refractivity contribution in [3.8, 4) is 5.88 Å². The lowest BCUT2D eigenvalue weighted by Crippen LogP contribution is -2.39. The zero-order valence-electron chi connectivity index (χ0n) is 13.7. The summed E-state index contributed by atoms with van der Waals surface area (Å²) in [6.45, 7) is 2.01. The van der Waals surface area contributed by atoms with Crippen LogP contribution in [0.1, 0.15) is 41.6 Å². The molecule has 0 aliphatic heterocycles. The van der Waals surface area contributed by atoms with E-state index in [9.17, 15) is 4.79 Å². The zero-order chi connectivity index (χ0) is 16.9. The van der Waals surface area contributed by atoms with Gasteiger partial charge < -0.3 is 10.1 Å². The predicted molar refractivity (Wildman–Crippen MR) is 94.6 cm³/mol. The van der Waals surface area contributed by atoms with Crippen LogP contribution in [0.15, 0.2) is 42.6 Å². The fraction of sp³-hybridized carbons (Fsp3) is 0.368. The molecular weight excluding hydrogens is 324 g/mol. The van der Waals surface area contributed by atoms with Gasteiger partial charge in [-0.25, -0.2) is 4.98 Å². The molecule has 1 aliphatic carbocycles. The van der Waals surface area contributed by atoms with Crippen LogP contribution in [0, 0.1) is 6.92 Å². The van der Waals surface area contributed by atoms with E-state index in [0.717, 1.165) is 31.2 Å². The third kappa shape index (κ3) is 4.48. The van der Waals surface area contributed by atoms with Crippen LogP contribution in [0.2, 0.25) is 5.02 Å². The molecule has 24 heavy (non-hydrogen) atoms. The third-order valence-corrected chi connectivity index (χ3v) is 4.54. The first-order valence-corrected chi connectivity index (χ1v) is 8.64. The highest BCUT2D eigenvalue weighted by atomic mass is 35.5. The number of aromatic nitrogens is 1. The zero-order valence-corrected chi connectivity index (χ0v) is 14.4. The van der Waals surface area contributed by atoms with Gasteiger partial charge in [-0.3, -0.25) is 4.79 Å². The molecule has 2 aromatic rings. The third-order valence-electron chi connectivity index (χ3n) is 4.29. The molecule has 1 saturated carbocycles. The predicted octanol–water partition coefficient (Wildman–Crippen LogP) is 4.16. The first kappa shape index (κ1) is 16.8. The van der Waals surface area contributed by atoms with Gasteiger partial charge in [0.25, 0.3) is 5.91 Å². The number of ether oxygens (including phenoxy) is 1. The van der Waals surface area contributed by atoms with Crippen molar-refractivity contribution in [2.24, 2.45) is 0 Å². The molecule has 0 unspecified atom stereocenters. The van der Waals surface area contributed by atoms with Crippen molar-refractivity contribution >= 4 is 17.5 Å². The monoisotopic (exact) mass is 344 g/mol. The number of pyridine rings is 1. The summed E-state index contributed by atoms with van der Waals surface area (Å²) in [7, 11) is 0. The second kappa shape index (κ2) is 7.67. The number of hydrogen-bond acceptors (Lipinski definition) is 3. The lowest BCUT2D eigenvalue weighted by Gasteiger charge is -2.29. The lowest BCUT2D eigenvalue weighted by atomic mass is 9.92. The van der Waals surface area contributed by atoms with Crippen LogP contribution < -0.4 is 10.1 Å². The van der Waals surface area contributed by atoms with E-state index in [1.807, 2.05) is 25.3 Å². The van der Waals surface area contributed by atoms with Gasteiger partial charge in [0.2, 0.25) is 5.88 Å². The maximum Gasteiger partial charge on any atom is 0.251 e. The number of carbonyl (C=O) groups is 1. The van der Waals surface area contributed by atoms with Gasteiger partial charge in [0.05, 0.1) is 0 Å². The summed E-state index contributed by atoms with van der Waals surface area (Å²) in [5.41, 5.74) is 1.76. The van der Waals surface area contributed by atoms with Crippen molar-refractivity contribution in [3.63, 3.8) is 0 Å². The fourth-order valence-corrected chi connectivity index (χ4v) is 3.02. The Morgan fingerprint density at radius 2 is 1.83 bits per heavy atom. The van der Waals surface area contributed by atoms with Crippen molar-refractivity contribution in [2.45, 2.75) is 44.8 Å². The maximum atomic E-state index is 12.2. The van der Waals surface area contributed by atoms with Crippen LogP contribution >= 0.6 is 11.6 Å². The smallest absolute Gasteiger partial charge is 0.251 e. The highest BCUT2D eigenvalue weighted by Crippen LogP contribution is 2.23. The lowest BCUT2D eigenvalue weighted by molar-refractivity contribution is 0.0890. The van der Waals surface area contributed by atoms with Crippen LogP contribution in [-0.4, -0.2) is 23.0 Å². The minimum atomic E-state index is -0.0452. The molecule has 0 spiro atoms. The average Bonchev–Trinajstić information content (AvgIpc) is 2.59. The molecule has 1 aromatic heterocycles. The number of rotatable bonds is 4. The average molecular weight is 345 g/mol. The van der Waals surface area contributed by atoms with Crippen molar-refractivity contribution in [1.29, 1.82) is 0 Å². The Balaban J connectivity index is 1.47. The van der Waals surface area contributed by atoms with E-state index in [0.29, 0.717) is 16.5 Å². The fourth-order valence-electron chi connectivity index (χ4n) is 2.89. The first-order chi connectivity index (χ1) is 11.6. The number of nitrogens with zero attached hydrogens (tertiary/aromatic N) is 1. The Morgan fingerprint density at radius 1 is 1.12 bits per heavy atom. The van der Waals surface area contributed by atoms with Gasteiger partial charge >= 0.3 is 0 Å². The summed E-state index contributed by atoms with van der Waals surface area (Å²) < 4.78 is 5.92. The molecule has 1 aromatic carbocycles. The van der Waals surface area contributed by atoms with E-state index >= 15 is 0 Å². The molecule has 1 amide bonds. The molecule has 1 aliphatic rings. The van der Waals surface area contributed by atoms with Crippen molar-refractivity contribution in [1.82, 2.24) is 10.3 Å². The van der Waals surface area contributed by atoms with E-state index in [1.165, 1.54) is 0 Å². The van der Waals surface area contributed by atoms with Gasteiger partial charge in [-0.1, -0.05) is 17.7 Å². The van der Waals surface area contributed by atoms with Crippen LogP contribution in [0.5, 0.6) is 5.88 Å². The molecule has 0 saturated heterocycles. The summed E-state index contributed by atoms with van der Waals surface area (Å²) in [5.74, 6) is 0.630. The molecule has 3 rings (SSSR count). The number of benzene rings is 1. The van der Waals surface area contributed by atoms with Crippen LogP contribution in [0.3, 0.4) is 0 Å². The molecular formula is C19H21ClN2O2. The maximum absolute atomic E-state index is 12.2. The Labute approximate surface area is 147 Å². The molecule has 4 nitrogen and oxygen atoms in total. The minimum Gasteiger partial charge on any atom is -0.474 e. The number of halogens is 1. The highest BCUT2D eigenvalue weighted by molar-refractivity contribution is 6.30. The van der Waals surface area contributed by atoms with E-state index in [4.69, 9.17) is 16.3 Å². The van der Waals surface area contributed by atoms with Gasteiger partial charge in [0.15, 0.2) is 0 Å². The molecule has 126 valence electrons. The summed E-state index contributed by atoms with van der Waals surface area (Å²) >= 11 is 5.85. The summed E-state index contributed by atoms with van der Waals surface area (Å²) in [6.07, 6.45) is 5.64. The number of aryl methyl sites for hydroxylation is 1. The Hall–Kier alpha value is -2.07. The topological polar surface area (TPSA) is 51.2 Å². The Bertz CT molecular complexity index is 678. The van der Waals surface area contributed by atoms with Crippen molar-refractivity contribution in [2.75, 3.05) is 0 Å². The highest BCUT2D eigenvalue weighted by Gasteiger charge is 2.24. The summed E-state index contributed by atoms with van der Waals surface area (Å²) in [6, 6.07) is 11.1. The van der Waals surface area contributed by atoms with Gasteiger partial charge in [0, 0.05) is 28.9 Å². The normalized spacial score (nSPS) is 20.4. The van der Waals surface area contributed by atoms with Gasteiger partial charge in [-0.05, 0) is 62.4 Å². The molecule has 0 atom stereocenters. The van der Waals surface area contributed by atoms with Gasteiger partial charge in [0.1, 0.15) is 6.10 Å². The second-order valence-corrected chi connectivity index (χ2v) is 6.68. The Morgan fingerprint density at radius 3 is 2.46 bits per heavy atom. The van der Waals surface area contributed by atoms with Gasteiger partial charge in [-0.15, -0.1) is 0 Å². The molecule has 5 heteroatoms. The van der Waals surface area contributed by atoms with Crippen LogP contribution in [0.25, 0.3) is 0 Å². The molecule has 0 radical (unpaired) electrons. The van der Waals surface area contributed by atoms with E-state index in [2.05, 4.69) is 10.3 Å². The first-order valence-electron chi connectivity index (χ1n) is 8.26. The SMILES string of the molecule is Cc1ccc(OC2CCC(NC(=O)c3ccc(Cl)cc3)CC2)nc1. The van der Waals surface area contributed by atoms with E-state index < -0.39 is 0 Å². The number of carbonyl (C=O) groups excluding carboxylic acids is 1. The minimum absolute atomic E-state index is 0.0452. The summed E-state index contributed by atoms with van der Waals surface area (Å²) in [5, 5.41) is 3.73. The van der Waals surface area contributed by atoms with Crippen LogP contribution in [-0.2, 0) is 0 Å². The molecule has 0 bridgehead atoms. The molecule has 1 fully saturated rings. The molecule has 1 N–H and O–H groups in total. The largest absolute Gasteiger partial charge is 0.474 e. The standard InChI is InChI=1S/C19H21ClN2O2/c1-13-2-11-18(21-12-13)24-17-9-7-16(8-10-17)22-19(23)14-3-5-15(20)6-4-14/h2-6,11-12,16-17H,7-10H2,1H3,(H,22,23). The van der Waals surface area contributed by atoms with Crippen molar-refractivity contribution in [3.05, 3.63) is 58.7 Å². The summed E-state index contributed by atoms with van der Waals surface area (Å²) in [4.78, 5) is 16.5. The van der Waals surface area contributed by atoms with Crippen molar-refractivity contribution < 1.29 is 9.53 Å². The quantitative estimate of drug-likeness (QED) is 0.905.